The molecular weight excluding hydrogens is 250 g/mol. The van der Waals surface area contributed by atoms with Crippen molar-refractivity contribution in [3.63, 3.8) is 0 Å². The van der Waals surface area contributed by atoms with Gasteiger partial charge in [-0.25, -0.2) is 0 Å². The lowest BCUT2D eigenvalue weighted by atomic mass is 10.5. The molecule has 1 rings (SSSR count). The Balaban J connectivity index is 2.47. The van der Waals surface area contributed by atoms with E-state index >= 15 is 0 Å². The van der Waals surface area contributed by atoms with E-state index in [0.29, 0.717) is 24.2 Å². The van der Waals surface area contributed by atoms with Gasteiger partial charge in [0.15, 0.2) is 0 Å². The minimum atomic E-state index is -0.765. The van der Waals surface area contributed by atoms with Crippen LogP contribution in [0.5, 0.6) is 0 Å². The highest BCUT2D eigenvalue weighted by atomic mass is 35.5. The third kappa shape index (κ3) is 4.71. The number of halogens is 1. The van der Waals surface area contributed by atoms with Gasteiger partial charge in [-0.1, -0.05) is 0 Å². The molecule has 16 heavy (non-hydrogen) atoms. The van der Waals surface area contributed by atoms with Crippen molar-refractivity contribution < 1.29 is 4.21 Å². The quantitative estimate of drug-likeness (QED) is 0.738. The summed E-state index contributed by atoms with van der Waals surface area (Å²) < 4.78 is 10.8. The number of hydrogen-bond acceptors (Lipinski definition) is 6. The maximum Gasteiger partial charge on any atom is 0.228 e. The van der Waals surface area contributed by atoms with Crippen molar-refractivity contribution in [1.29, 1.82) is 0 Å². The van der Waals surface area contributed by atoms with Crippen LogP contribution >= 0.6 is 11.6 Å². The van der Waals surface area contributed by atoms with Crippen LogP contribution in [0.15, 0.2) is 0 Å². The molecule has 0 saturated carbocycles. The van der Waals surface area contributed by atoms with Gasteiger partial charge in [0.05, 0.1) is 0 Å². The molecule has 0 amide bonds. The molecule has 0 radical (unpaired) electrons. The molecule has 1 atom stereocenters. The van der Waals surface area contributed by atoms with E-state index in [2.05, 4.69) is 25.6 Å². The molecule has 0 saturated heterocycles. The lowest BCUT2D eigenvalue weighted by molar-refractivity contribution is 0.685. The third-order valence-electron chi connectivity index (χ3n) is 1.72. The molecule has 0 aliphatic carbocycles. The van der Waals surface area contributed by atoms with Crippen molar-refractivity contribution in [2.45, 2.75) is 6.42 Å². The van der Waals surface area contributed by atoms with Crippen LogP contribution in [0.4, 0.5) is 11.9 Å². The van der Waals surface area contributed by atoms with Crippen LogP contribution in [-0.4, -0.2) is 44.8 Å². The largest absolute Gasteiger partial charge is 0.357 e. The van der Waals surface area contributed by atoms with Crippen LogP contribution in [0, 0.1) is 0 Å². The van der Waals surface area contributed by atoms with E-state index in [1.165, 1.54) is 0 Å². The van der Waals surface area contributed by atoms with E-state index in [0.717, 1.165) is 6.42 Å². The summed E-state index contributed by atoms with van der Waals surface area (Å²) in [5.74, 6) is 1.50. The molecule has 1 aromatic heterocycles. The molecule has 0 aliphatic rings. The van der Waals surface area contributed by atoms with E-state index < -0.39 is 10.8 Å². The van der Waals surface area contributed by atoms with Crippen molar-refractivity contribution in [1.82, 2.24) is 15.0 Å². The fourth-order valence-electron chi connectivity index (χ4n) is 1.02. The Morgan fingerprint density at radius 3 is 2.62 bits per heavy atom. The van der Waals surface area contributed by atoms with Gasteiger partial charge in [0.1, 0.15) is 0 Å². The van der Waals surface area contributed by atoms with Gasteiger partial charge in [0.25, 0.3) is 0 Å². The summed E-state index contributed by atoms with van der Waals surface area (Å²) in [5, 5.41) is 5.92. The summed E-state index contributed by atoms with van der Waals surface area (Å²) in [7, 11) is 0.939. The Morgan fingerprint density at radius 1 is 1.31 bits per heavy atom. The second-order valence-corrected chi connectivity index (χ2v) is 4.95. The lowest BCUT2D eigenvalue weighted by Gasteiger charge is -2.05. The first-order valence-electron chi connectivity index (χ1n) is 4.75. The smallest absolute Gasteiger partial charge is 0.228 e. The van der Waals surface area contributed by atoms with E-state index in [1.807, 2.05) is 0 Å². The Kier molecular flexibility index (Phi) is 5.41. The maximum absolute atomic E-state index is 10.8. The second-order valence-electron chi connectivity index (χ2n) is 3.06. The fraction of sp³-hybridized carbons (Fsp3) is 0.625. The van der Waals surface area contributed by atoms with E-state index in [9.17, 15) is 4.21 Å². The van der Waals surface area contributed by atoms with Gasteiger partial charge in [-0.2, -0.15) is 15.0 Å². The normalized spacial score (nSPS) is 12.2. The van der Waals surface area contributed by atoms with E-state index in [4.69, 9.17) is 11.6 Å². The summed E-state index contributed by atoms with van der Waals surface area (Å²) in [5.41, 5.74) is 0. The summed E-state index contributed by atoms with van der Waals surface area (Å²) in [6.07, 6.45) is 2.47. The molecular formula is C8H14ClN5OS. The average Bonchev–Trinajstić information content (AvgIpc) is 2.23. The van der Waals surface area contributed by atoms with Gasteiger partial charge in [-0.15, -0.1) is 0 Å². The molecule has 2 N–H and O–H groups in total. The van der Waals surface area contributed by atoms with Crippen molar-refractivity contribution in [2.24, 2.45) is 0 Å². The SMILES string of the molecule is CNc1nc(Cl)nc(NCCCS(C)=O)n1. The van der Waals surface area contributed by atoms with Gasteiger partial charge in [0.2, 0.25) is 17.2 Å². The van der Waals surface area contributed by atoms with Gasteiger partial charge >= 0.3 is 0 Å². The van der Waals surface area contributed by atoms with Crippen LogP contribution in [0.3, 0.4) is 0 Å². The zero-order chi connectivity index (χ0) is 12.0. The van der Waals surface area contributed by atoms with Crippen LogP contribution < -0.4 is 10.6 Å². The molecule has 90 valence electrons. The van der Waals surface area contributed by atoms with Crippen molar-refractivity contribution in [3.8, 4) is 0 Å². The van der Waals surface area contributed by atoms with Gasteiger partial charge < -0.3 is 10.6 Å². The molecule has 1 unspecified atom stereocenters. The molecule has 1 aromatic rings. The Hall–Kier alpha value is -0.950. The number of rotatable bonds is 6. The number of anilines is 2. The van der Waals surface area contributed by atoms with Crippen LogP contribution in [-0.2, 0) is 10.8 Å². The fourth-order valence-corrected chi connectivity index (χ4v) is 1.73. The topological polar surface area (TPSA) is 79.8 Å². The first-order valence-corrected chi connectivity index (χ1v) is 6.85. The summed E-state index contributed by atoms with van der Waals surface area (Å²) >= 11 is 5.70. The highest BCUT2D eigenvalue weighted by Crippen LogP contribution is 2.08. The second kappa shape index (κ2) is 6.59. The van der Waals surface area contributed by atoms with Crippen molar-refractivity contribution in [3.05, 3.63) is 5.28 Å². The first kappa shape index (κ1) is 13.1. The Bertz CT molecular complexity index is 375. The Labute approximate surface area is 102 Å². The summed E-state index contributed by atoms with van der Waals surface area (Å²) in [6.45, 7) is 0.656. The minimum Gasteiger partial charge on any atom is -0.357 e. The van der Waals surface area contributed by atoms with E-state index in [1.54, 1.807) is 13.3 Å². The zero-order valence-corrected chi connectivity index (χ0v) is 10.7. The molecule has 0 spiro atoms. The summed E-state index contributed by atoms with van der Waals surface area (Å²) in [6, 6.07) is 0. The number of nitrogens with one attached hydrogen (secondary N) is 2. The van der Waals surface area contributed by atoms with Crippen LogP contribution in [0.1, 0.15) is 6.42 Å². The first-order chi connectivity index (χ1) is 7.61. The van der Waals surface area contributed by atoms with Gasteiger partial charge in [-0.05, 0) is 18.0 Å². The van der Waals surface area contributed by atoms with Crippen LogP contribution in [0.25, 0.3) is 0 Å². The third-order valence-corrected chi connectivity index (χ3v) is 2.76. The molecule has 1 heterocycles. The van der Waals surface area contributed by atoms with Gasteiger partial charge in [0, 0.05) is 36.4 Å². The highest BCUT2D eigenvalue weighted by molar-refractivity contribution is 7.84. The molecule has 0 bridgehead atoms. The van der Waals surface area contributed by atoms with Crippen LogP contribution in [0.2, 0.25) is 5.28 Å². The lowest BCUT2D eigenvalue weighted by Crippen LogP contribution is -2.10. The molecule has 6 nitrogen and oxygen atoms in total. The minimum absolute atomic E-state index is 0.140. The molecule has 0 aliphatic heterocycles. The monoisotopic (exact) mass is 263 g/mol. The zero-order valence-electron chi connectivity index (χ0n) is 9.16. The average molecular weight is 264 g/mol. The predicted molar refractivity (Wildman–Crippen MR) is 66.4 cm³/mol. The number of hydrogen-bond donors (Lipinski definition) is 2. The standard InChI is InChI=1S/C8H14ClN5OS/c1-10-7-12-6(9)13-8(14-7)11-4-3-5-16(2)15/h3-5H2,1-2H3,(H2,10,11,12,13,14). The van der Waals surface area contributed by atoms with E-state index in [-0.39, 0.29) is 5.28 Å². The maximum atomic E-state index is 10.8. The van der Waals surface area contributed by atoms with Gasteiger partial charge in [-0.3, -0.25) is 4.21 Å². The van der Waals surface area contributed by atoms with Crippen molar-refractivity contribution >= 4 is 34.3 Å². The van der Waals surface area contributed by atoms with Crippen molar-refractivity contribution in [2.75, 3.05) is 36.2 Å². The number of aromatic nitrogens is 3. The predicted octanol–water partition coefficient (Wildman–Crippen LogP) is 0.747. The Morgan fingerprint density at radius 2 is 2.00 bits per heavy atom. The molecule has 0 aromatic carbocycles. The summed E-state index contributed by atoms with van der Waals surface area (Å²) in [4.78, 5) is 11.8. The molecule has 8 heteroatoms. The highest BCUT2D eigenvalue weighted by Gasteiger charge is 2.02. The number of nitrogens with zero attached hydrogens (tertiary/aromatic N) is 3. The molecule has 0 fully saturated rings.